The largest absolute Gasteiger partial charge is 0.358 e. The Morgan fingerprint density at radius 1 is 1.33 bits per heavy atom. The van der Waals surface area contributed by atoms with E-state index >= 15 is 0 Å². The van der Waals surface area contributed by atoms with Crippen LogP contribution in [0.1, 0.15) is 6.92 Å². The Morgan fingerprint density at radius 3 is 2.33 bits per heavy atom. The zero-order chi connectivity index (χ0) is 11.8. The number of carbonyl (C=O) groups is 3. The Labute approximate surface area is 93.6 Å². The van der Waals surface area contributed by atoms with E-state index in [-0.39, 0.29) is 24.1 Å². The molecule has 1 unspecified atom stereocenters. The van der Waals surface area contributed by atoms with E-state index in [0.717, 1.165) is 0 Å². The van der Waals surface area contributed by atoms with E-state index in [0.29, 0.717) is 0 Å². The van der Waals surface area contributed by atoms with Crippen LogP contribution in [0.25, 0.3) is 0 Å². The molecule has 0 saturated carbocycles. The molecule has 0 aromatic rings. The molecule has 0 fully saturated rings. The highest BCUT2D eigenvalue weighted by Gasteiger charge is 2.17. The molecule has 0 heterocycles. The van der Waals surface area contributed by atoms with Crippen LogP contribution >= 0.6 is 12.6 Å². The summed E-state index contributed by atoms with van der Waals surface area (Å²) in [7, 11) is 1.47. The van der Waals surface area contributed by atoms with Crippen LogP contribution in [-0.2, 0) is 14.4 Å². The van der Waals surface area contributed by atoms with Crippen molar-refractivity contribution in [1.82, 2.24) is 16.0 Å². The van der Waals surface area contributed by atoms with E-state index in [1.165, 1.54) is 14.0 Å². The zero-order valence-electron chi connectivity index (χ0n) is 8.66. The molecule has 0 rings (SSSR count). The highest BCUT2D eigenvalue weighted by atomic mass is 32.1. The van der Waals surface area contributed by atoms with Crippen molar-refractivity contribution >= 4 is 30.4 Å². The summed E-state index contributed by atoms with van der Waals surface area (Å²) in [6.07, 6.45) is 0. The SMILES string of the molecule is CNC(=O)CNC(=O)C(CS)NC(C)=O. The first kappa shape index (κ1) is 13.8. The van der Waals surface area contributed by atoms with Crippen molar-refractivity contribution in [3.63, 3.8) is 0 Å². The Kier molecular flexibility index (Phi) is 6.52. The molecule has 3 amide bonds. The second-order valence-corrected chi connectivity index (χ2v) is 3.19. The Morgan fingerprint density at radius 2 is 1.93 bits per heavy atom. The van der Waals surface area contributed by atoms with Gasteiger partial charge in [-0.3, -0.25) is 14.4 Å². The predicted molar refractivity (Wildman–Crippen MR) is 58.5 cm³/mol. The van der Waals surface area contributed by atoms with Gasteiger partial charge in [0.05, 0.1) is 6.54 Å². The van der Waals surface area contributed by atoms with Gasteiger partial charge in [0.25, 0.3) is 0 Å². The number of carbonyl (C=O) groups excluding carboxylic acids is 3. The monoisotopic (exact) mass is 233 g/mol. The highest BCUT2D eigenvalue weighted by Crippen LogP contribution is 1.88. The van der Waals surface area contributed by atoms with Crippen LogP contribution in [0.3, 0.4) is 0 Å². The van der Waals surface area contributed by atoms with E-state index in [1.807, 2.05) is 0 Å². The Balaban J connectivity index is 4.04. The number of hydrogen-bond acceptors (Lipinski definition) is 4. The number of thiol groups is 1. The van der Waals surface area contributed by atoms with Crippen molar-refractivity contribution in [2.75, 3.05) is 19.3 Å². The van der Waals surface area contributed by atoms with Crippen LogP contribution in [-0.4, -0.2) is 43.1 Å². The van der Waals surface area contributed by atoms with Crippen LogP contribution < -0.4 is 16.0 Å². The lowest BCUT2D eigenvalue weighted by Gasteiger charge is -2.14. The van der Waals surface area contributed by atoms with Crippen molar-refractivity contribution < 1.29 is 14.4 Å². The summed E-state index contributed by atoms with van der Waals surface area (Å²) in [4.78, 5) is 32.9. The molecule has 0 radical (unpaired) electrons. The second-order valence-electron chi connectivity index (χ2n) is 2.83. The lowest BCUT2D eigenvalue weighted by atomic mass is 10.3. The van der Waals surface area contributed by atoms with Gasteiger partial charge in [-0.1, -0.05) is 0 Å². The molecular weight excluding hydrogens is 218 g/mol. The third-order valence-electron chi connectivity index (χ3n) is 1.58. The molecule has 0 bridgehead atoms. The molecule has 0 spiro atoms. The standard InChI is InChI=1S/C8H15N3O3S/c1-5(12)11-6(4-15)8(14)10-3-7(13)9-2/h6,15H,3-4H2,1-2H3,(H,9,13)(H,10,14)(H,11,12). The van der Waals surface area contributed by atoms with E-state index in [4.69, 9.17) is 0 Å². The molecule has 0 saturated heterocycles. The van der Waals surface area contributed by atoms with Gasteiger partial charge in [-0.15, -0.1) is 0 Å². The minimum absolute atomic E-state index is 0.112. The van der Waals surface area contributed by atoms with Crippen molar-refractivity contribution in [2.45, 2.75) is 13.0 Å². The van der Waals surface area contributed by atoms with Crippen molar-refractivity contribution in [2.24, 2.45) is 0 Å². The van der Waals surface area contributed by atoms with Gasteiger partial charge in [-0.05, 0) is 0 Å². The molecular formula is C8H15N3O3S. The summed E-state index contributed by atoms with van der Waals surface area (Å²) in [5, 5.41) is 7.15. The molecule has 86 valence electrons. The van der Waals surface area contributed by atoms with Crippen LogP contribution in [0, 0.1) is 0 Å². The van der Waals surface area contributed by atoms with E-state index in [2.05, 4.69) is 28.6 Å². The lowest BCUT2D eigenvalue weighted by molar-refractivity contribution is -0.129. The van der Waals surface area contributed by atoms with Crippen LogP contribution in [0.5, 0.6) is 0 Å². The third-order valence-corrected chi connectivity index (χ3v) is 1.94. The molecule has 6 nitrogen and oxygen atoms in total. The minimum atomic E-state index is -0.713. The average Bonchev–Trinajstić information content (AvgIpc) is 2.21. The molecule has 3 N–H and O–H groups in total. The number of likely N-dealkylation sites (N-methyl/N-ethyl adjacent to an activating group) is 1. The van der Waals surface area contributed by atoms with Gasteiger partial charge in [0.15, 0.2) is 0 Å². The van der Waals surface area contributed by atoms with Gasteiger partial charge in [0.1, 0.15) is 6.04 Å². The fraction of sp³-hybridized carbons (Fsp3) is 0.625. The first-order valence-electron chi connectivity index (χ1n) is 4.37. The first-order chi connectivity index (χ1) is 7.01. The number of hydrogen-bond donors (Lipinski definition) is 4. The molecule has 15 heavy (non-hydrogen) atoms. The topological polar surface area (TPSA) is 87.3 Å². The van der Waals surface area contributed by atoms with Crippen LogP contribution in [0.4, 0.5) is 0 Å². The van der Waals surface area contributed by atoms with Crippen molar-refractivity contribution in [1.29, 1.82) is 0 Å². The van der Waals surface area contributed by atoms with E-state index < -0.39 is 11.9 Å². The van der Waals surface area contributed by atoms with Crippen LogP contribution in [0.2, 0.25) is 0 Å². The average molecular weight is 233 g/mol. The molecule has 0 aromatic heterocycles. The second kappa shape index (κ2) is 7.10. The summed E-state index contributed by atoms with van der Waals surface area (Å²) in [5.41, 5.74) is 0. The minimum Gasteiger partial charge on any atom is -0.358 e. The van der Waals surface area contributed by atoms with Crippen LogP contribution in [0.15, 0.2) is 0 Å². The van der Waals surface area contributed by atoms with Crippen molar-refractivity contribution in [3.8, 4) is 0 Å². The summed E-state index contributed by atoms with van der Waals surface area (Å²) in [6, 6.07) is -0.713. The molecule has 0 aromatic carbocycles. The maximum Gasteiger partial charge on any atom is 0.243 e. The van der Waals surface area contributed by atoms with Gasteiger partial charge in [-0.2, -0.15) is 12.6 Å². The summed E-state index contributed by atoms with van der Waals surface area (Å²) < 4.78 is 0. The fourth-order valence-corrected chi connectivity index (χ4v) is 1.08. The zero-order valence-corrected chi connectivity index (χ0v) is 9.56. The van der Waals surface area contributed by atoms with E-state index in [1.54, 1.807) is 0 Å². The van der Waals surface area contributed by atoms with Gasteiger partial charge in [0.2, 0.25) is 17.7 Å². The van der Waals surface area contributed by atoms with Gasteiger partial charge in [-0.25, -0.2) is 0 Å². The lowest BCUT2D eigenvalue weighted by Crippen LogP contribution is -2.49. The molecule has 0 aliphatic carbocycles. The number of rotatable bonds is 5. The smallest absolute Gasteiger partial charge is 0.243 e. The van der Waals surface area contributed by atoms with Crippen molar-refractivity contribution in [3.05, 3.63) is 0 Å². The molecule has 7 heteroatoms. The first-order valence-corrected chi connectivity index (χ1v) is 5.00. The third kappa shape index (κ3) is 5.95. The highest BCUT2D eigenvalue weighted by molar-refractivity contribution is 7.80. The molecule has 0 aliphatic rings. The number of nitrogens with one attached hydrogen (secondary N) is 3. The summed E-state index contributed by atoms with van der Waals surface area (Å²) >= 11 is 3.92. The Hall–Kier alpha value is -1.24. The maximum atomic E-state index is 11.4. The fourth-order valence-electron chi connectivity index (χ4n) is 0.818. The predicted octanol–water partition coefficient (Wildman–Crippen LogP) is -1.72. The molecule has 1 atom stereocenters. The van der Waals surface area contributed by atoms with Gasteiger partial charge < -0.3 is 16.0 Å². The Bertz CT molecular complexity index is 258. The maximum absolute atomic E-state index is 11.4. The van der Waals surface area contributed by atoms with E-state index in [9.17, 15) is 14.4 Å². The molecule has 0 aliphatic heterocycles. The normalized spacial score (nSPS) is 11.4. The van der Waals surface area contributed by atoms with Gasteiger partial charge >= 0.3 is 0 Å². The summed E-state index contributed by atoms with van der Waals surface area (Å²) in [6.45, 7) is 1.20. The number of amides is 3. The summed E-state index contributed by atoms with van der Waals surface area (Å²) in [5.74, 6) is -0.865. The van der Waals surface area contributed by atoms with Gasteiger partial charge in [0, 0.05) is 19.7 Å². The quantitative estimate of drug-likeness (QED) is 0.426.